The van der Waals surface area contributed by atoms with Crippen LogP contribution in [0.5, 0.6) is 0 Å². The van der Waals surface area contributed by atoms with Gasteiger partial charge in [-0.2, -0.15) is 5.26 Å². The van der Waals surface area contributed by atoms with Crippen molar-refractivity contribution in [1.82, 2.24) is 10.2 Å². The Bertz CT molecular complexity index is 1090. The molecule has 1 aliphatic heterocycles. The number of nitriles is 1. The third-order valence-corrected chi connectivity index (χ3v) is 6.09. The van der Waals surface area contributed by atoms with E-state index < -0.39 is 6.09 Å². The Labute approximate surface area is 194 Å². The number of hydrogen-bond donors (Lipinski definition) is 2. The molecule has 0 spiro atoms. The van der Waals surface area contributed by atoms with Crippen LogP contribution in [0.15, 0.2) is 43.0 Å². The van der Waals surface area contributed by atoms with Crippen molar-refractivity contribution >= 4 is 23.8 Å². The molecule has 7 heteroatoms. The largest absolute Gasteiger partial charge is 0.465 e. The van der Waals surface area contributed by atoms with Gasteiger partial charge in [0.2, 0.25) is 0 Å². The summed E-state index contributed by atoms with van der Waals surface area (Å²) in [6.07, 6.45) is 1.91. The van der Waals surface area contributed by atoms with E-state index in [1.54, 1.807) is 6.08 Å². The van der Waals surface area contributed by atoms with Crippen molar-refractivity contribution in [3.05, 3.63) is 70.8 Å². The van der Waals surface area contributed by atoms with Gasteiger partial charge in [-0.25, -0.2) is 4.79 Å². The van der Waals surface area contributed by atoms with Crippen LogP contribution in [0, 0.1) is 18.3 Å². The zero-order valence-electron chi connectivity index (χ0n) is 19.2. The normalized spacial score (nSPS) is 15.6. The van der Waals surface area contributed by atoms with Crippen molar-refractivity contribution in [3.8, 4) is 6.07 Å². The van der Waals surface area contributed by atoms with Gasteiger partial charge in [0.1, 0.15) is 6.07 Å². The Kier molecular flexibility index (Phi) is 7.73. The van der Waals surface area contributed by atoms with Crippen molar-refractivity contribution in [3.63, 3.8) is 0 Å². The van der Waals surface area contributed by atoms with Gasteiger partial charge in [0, 0.05) is 37.8 Å². The lowest BCUT2D eigenvalue weighted by atomic mass is 9.94. The Hall–Kier alpha value is -3.79. The van der Waals surface area contributed by atoms with Crippen LogP contribution in [-0.4, -0.2) is 54.2 Å². The minimum absolute atomic E-state index is 0.0278. The highest BCUT2D eigenvalue weighted by atomic mass is 16.4. The van der Waals surface area contributed by atoms with E-state index in [-0.39, 0.29) is 11.9 Å². The third kappa shape index (κ3) is 5.53. The van der Waals surface area contributed by atoms with E-state index in [1.807, 2.05) is 55.1 Å². The lowest BCUT2D eigenvalue weighted by Gasteiger charge is -2.41. The number of piperazine rings is 1. The maximum Gasteiger partial charge on any atom is 0.404 e. The van der Waals surface area contributed by atoms with Gasteiger partial charge in [-0.05, 0) is 61.6 Å². The minimum Gasteiger partial charge on any atom is -0.465 e. The molecule has 33 heavy (non-hydrogen) atoms. The van der Waals surface area contributed by atoms with Crippen molar-refractivity contribution < 1.29 is 14.7 Å². The van der Waals surface area contributed by atoms with E-state index in [9.17, 15) is 14.9 Å². The summed E-state index contributed by atoms with van der Waals surface area (Å²) in [5, 5.41) is 20.6. The molecule has 1 heterocycles. The monoisotopic (exact) mass is 446 g/mol. The van der Waals surface area contributed by atoms with Crippen LogP contribution in [0.1, 0.15) is 46.0 Å². The molecule has 2 amide bonds. The fourth-order valence-corrected chi connectivity index (χ4v) is 4.36. The maximum absolute atomic E-state index is 13.6. The van der Waals surface area contributed by atoms with Gasteiger partial charge >= 0.3 is 6.09 Å². The molecule has 1 saturated heterocycles. The lowest BCUT2D eigenvalue weighted by molar-refractivity contribution is 0.0673. The summed E-state index contributed by atoms with van der Waals surface area (Å²) >= 11 is 0. The van der Waals surface area contributed by atoms with Crippen LogP contribution in [0.2, 0.25) is 0 Å². The van der Waals surface area contributed by atoms with Crippen molar-refractivity contribution in [2.75, 3.05) is 31.1 Å². The SMILES string of the molecule is C=Cc1cc(C(=O)N2CCN(c3ccccc3C#N)C[C@@H]2C)c(CCCNC(=O)O)cc1C. The molecule has 0 radical (unpaired) electrons. The number of nitrogens with zero attached hydrogens (tertiary/aromatic N) is 3. The molecule has 0 bridgehead atoms. The first-order valence-electron chi connectivity index (χ1n) is 11.1. The Balaban J connectivity index is 1.80. The first-order chi connectivity index (χ1) is 15.8. The molecule has 7 nitrogen and oxygen atoms in total. The lowest BCUT2D eigenvalue weighted by Crippen LogP contribution is -2.54. The van der Waals surface area contributed by atoms with Gasteiger partial charge in [0.15, 0.2) is 0 Å². The van der Waals surface area contributed by atoms with Gasteiger partial charge in [0.25, 0.3) is 5.91 Å². The zero-order valence-corrected chi connectivity index (χ0v) is 19.2. The van der Waals surface area contributed by atoms with Gasteiger partial charge in [-0.15, -0.1) is 0 Å². The number of hydrogen-bond acceptors (Lipinski definition) is 4. The van der Waals surface area contributed by atoms with E-state index in [0.29, 0.717) is 50.1 Å². The molecule has 3 rings (SSSR count). The Morgan fingerprint density at radius 3 is 2.73 bits per heavy atom. The second kappa shape index (κ2) is 10.7. The molecule has 1 aliphatic rings. The number of anilines is 1. The number of aryl methyl sites for hydroxylation is 2. The summed E-state index contributed by atoms with van der Waals surface area (Å²) in [6.45, 7) is 10.1. The summed E-state index contributed by atoms with van der Waals surface area (Å²) in [5.74, 6) is -0.0278. The molecular weight excluding hydrogens is 416 g/mol. The second-order valence-corrected chi connectivity index (χ2v) is 8.33. The fourth-order valence-electron chi connectivity index (χ4n) is 4.36. The zero-order chi connectivity index (χ0) is 24.0. The van der Waals surface area contributed by atoms with Crippen LogP contribution >= 0.6 is 0 Å². The van der Waals surface area contributed by atoms with Gasteiger partial charge < -0.3 is 20.2 Å². The molecule has 0 unspecified atom stereocenters. The van der Waals surface area contributed by atoms with E-state index >= 15 is 0 Å². The fraction of sp³-hybridized carbons (Fsp3) is 0.346. The molecule has 1 fully saturated rings. The van der Waals surface area contributed by atoms with Crippen LogP contribution in [0.4, 0.5) is 10.5 Å². The van der Waals surface area contributed by atoms with Gasteiger partial charge in [-0.1, -0.05) is 30.9 Å². The van der Waals surface area contributed by atoms with Crippen LogP contribution in [0.3, 0.4) is 0 Å². The molecule has 2 aromatic carbocycles. The Morgan fingerprint density at radius 2 is 2.06 bits per heavy atom. The number of amides is 2. The first kappa shape index (κ1) is 23.9. The maximum atomic E-state index is 13.6. The number of carboxylic acid groups (broad SMARTS) is 1. The summed E-state index contributed by atoms with van der Waals surface area (Å²) in [7, 11) is 0. The number of nitrogens with one attached hydrogen (secondary N) is 1. The topological polar surface area (TPSA) is 96.7 Å². The summed E-state index contributed by atoms with van der Waals surface area (Å²) in [5.41, 5.74) is 5.04. The van der Waals surface area contributed by atoms with Crippen molar-refractivity contribution in [1.29, 1.82) is 5.26 Å². The van der Waals surface area contributed by atoms with Crippen LogP contribution in [0.25, 0.3) is 6.08 Å². The molecule has 2 N–H and O–H groups in total. The van der Waals surface area contributed by atoms with Crippen molar-refractivity contribution in [2.45, 2.75) is 32.7 Å². The smallest absolute Gasteiger partial charge is 0.404 e. The summed E-state index contributed by atoms with van der Waals surface area (Å²) in [6, 6.07) is 13.7. The molecule has 2 aromatic rings. The average Bonchev–Trinajstić information content (AvgIpc) is 2.81. The molecular formula is C26H30N4O3. The molecule has 1 atom stereocenters. The molecule has 0 saturated carbocycles. The van der Waals surface area contributed by atoms with Crippen molar-refractivity contribution in [2.24, 2.45) is 0 Å². The van der Waals surface area contributed by atoms with Gasteiger partial charge in [-0.3, -0.25) is 4.79 Å². The van der Waals surface area contributed by atoms with E-state index in [0.717, 1.165) is 22.4 Å². The highest BCUT2D eigenvalue weighted by Crippen LogP contribution is 2.26. The highest BCUT2D eigenvalue weighted by Gasteiger charge is 2.30. The minimum atomic E-state index is -1.05. The molecule has 172 valence electrons. The van der Waals surface area contributed by atoms with E-state index in [1.165, 1.54) is 0 Å². The third-order valence-electron chi connectivity index (χ3n) is 6.09. The quantitative estimate of drug-likeness (QED) is 0.625. The first-order valence-corrected chi connectivity index (χ1v) is 11.1. The number of rotatable bonds is 7. The van der Waals surface area contributed by atoms with Crippen LogP contribution < -0.4 is 10.2 Å². The van der Waals surface area contributed by atoms with E-state index in [4.69, 9.17) is 5.11 Å². The predicted octanol–water partition coefficient (Wildman–Crippen LogP) is 4.06. The predicted molar refractivity (Wildman–Crippen MR) is 129 cm³/mol. The number of carbonyl (C=O) groups excluding carboxylic acids is 1. The number of benzene rings is 2. The van der Waals surface area contributed by atoms with Gasteiger partial charge in [0.05, 0.1) is 11.3 Å². The molecule has 0 aliphatic carbocycles. The van der Waals surface area contributed by atoms with Crippen LogP contribution in [-0.2, 0) is 6.42 Å². The number of para-hydroxylation sites is 1. The summed E-state index contributed by atoms with van der Waals surface area (Å²) < 4.78 is 0. The average molecular weight is 447 g/mol. The highest BCUT2D eigenvalue weighted by molar-refractivity contribution is 5.97. The van der Waals surface area contributed by atoms with E-state index in [2.05, 4.69) is 22.9 Å². The summed E-state index contributed by atoms with van der Waals surface area (Å²) in [4.78, 5) is 28.4. The standard InChI is InChI=1S/C26H30N4O3/c1-4-20-15-23(21(14-18(20)2)9-7-11-28-26(32)33)25(31)30-13-12-29(17-19(30)3)24-10-6-5-8-22(24)16-27/h4-6,8,10,14-15,19,28H,1,7,9,11-13,17H2,2-3H3,(H,32,33)/t19-/m0/s1. The Morgan fingerprint density at radius 1 is 1.30 bits per heavy atom. The second-order valence-electron chi connectivity index (χ2n) is 8.33. The number of carbonyl (C=O) groups is 2. The molecule has 0 aromatic heterocycles.